The quantitative estimate of drug-likeness (QED) is 0.142. The molecule has 0 saturated carbocycles. The average molecular weight is 543 g/mol. The molecule has 5 rings (SSSR count). The molecule has 194 valence electrons. The highest BCUT2D eigenvalue weighted by Gasteiger charge is 2.15. The number of rotatable bonds is 6. The highest BCUT2D eigenvalue weighted by Crippen LogP contribution is 2.32. The van der Waals surface area contributed by atoms with Gasteiger partial charge in [-0.1, -0.05) is 24.3 Å². The number of nitrogens with one attached hydrogen (secondary N) is 6. The summed E-state index contributed by atoms with van der Waals surface area (Å²) in [6, 6.07) is 20.5. The summed E-state index contributed by atoms with van der Waals surface area (Å²) in [5.41, 5.74) is 7.26. The molecule has 0 radical (unpaired) electrons. The van der Waals surface area contributed by atoms with Gasteiger partial charge in [-0.25, -0.2) is 9.97 Å². The van der Waals surface area contributed by atoms with Crippen molar-refractivity contribution in [3.8, 4) is 22.8 Å². The van der Waals surface area contributed by atoms with E-state index in [0.29, 0.717) is 10.2 Å². The first-order valence-electron chi connectivity index (χ1n) is 12.5. The number of imidazole rings is 2. The fourth-order valence-corrected chi connectivity index (χ4v) is 4.89. The van der Waals surface area contributed by atoms with E-state index in [9.17, 15) is 0 Å². The Kier molecular flexibility index (Phi) is 7.26. The Balaban J connectivity index is 1.44. The maximum absolute atomic E-state index is 5.39. The lowest BCUT2D eigenvalue weighted by Crippen LogP contribution is -2.33. The average Bonchev–Trinajstić information content (AvgIpc) is 3.46. The number of thiocarbonyl (C=S) groups is 2. The lowest BCUT2D eigenvalue weighted by Gasteiger charge is -2.12. The minimum atomic E-state index is 0.259. The highest BCUT2D eigenvalue weighted by atomic mass is 32.1. The number of hydrogen-bond acceptors (Lipinski definition) is 4. The molecule has 0 aliphatic carbocycles. The highest BCUT2D eigenvalue weighted by molar-refractivity contribution is 7.80. The summed E-state index contributed by atoms with van der Waals surface area (Å²) in [5, 5.41) is 14.0. The van der Waals surface area contributed by atoms with Crippen LogP contribution in [0.1, 0.15) is 27.7 Å². The molecule has 8 nitrogen and oxygen atoms in total. The molecular formula is C28H30N8S2. The van der Waals surface area contributed by atoms with E-state index in [1.807, 2.05) is 60.7 Å². The molecule has 0 fully saturated rings. The van der Waals surface area contributed by atoms with E-state index in [2.05, 4.69) is 58.9 Å². The Morgan fingerprint density at radius 3 is 1.47 bits per heavy atom. The second-order valence-corrected chi connectivity index (χ2v) is 10.5. The maximum Gasteiger partial charge on any atom is 0.170 e. The third kappa shape index (κ3) is 5.76. The Hall–Kier alpha value is -4.02. The molecule has 0 amide bonds. The topological polar surface area (TPSA) is 105 Å². The predicted octanol–water partition coefficient (Wildman–Crippen LogP) is 6.16. The van der Waals surface area contributed by atoms with Crippen LogP contribution in [0, 0.1) is 0 Å². The van der Waals surface area contributed by atoms with Crippen molar-refractivity contribution < 1.29 is 0 Å². The van der Waals surface area contributed by atoms with Crippen molar-refractivity contribution in [1.29, 1.82) is 0 Å². The van der Waals surface area contributed by atoms with Crippen LogP contribution >= 0.6 is 24.4 Å². The Morgan fingerprint density at radius 2 is 1.08 bits per heavy atom. The molecule has 5 aromatic rings. The number of hydrogen-bond donors (Lipinski definition) is 6. The van der Waals surface area contributed by atoms with Gasteiger partial charge in [0, 0.05) is 34.6 Å². The van der Waals surface area contributed by atoms with Crippen molar-refractivity contribution >= 4 is 68.1 Å². The summed E-state index contributed by atoms with van der Waals surface area (Å²) in [6.45, 7) is 8.20. The number of H-pyrrole nitrogens is 2. The van der Waals surface area contributed by atoms with E-state index in [-0.39, 0.29) is 12.1 Å². The van der Waals surface area contributed by atoms with Crippen LogP contribution in [0.15, 0.2) is 60.7 Å². The van der Waals surface area contributed by atoms with Crippen LogP contribution in [-0.4, -0.2) is 42.2 Å². The molecule has 0 unspecified atom stereocenters. The van der Waals surface area contributed by atoms with E-state index in [0.717, 1.165) is 56.2 Å². The Labute approximate surface area is 232 Å². The van der Waals surface area contributed by atoms with Gasteiger partial charge in [0.05, 0.1) is 22.1 Å². The number of anilines is 2. The minimum Gasteiger partial charge on any atom is -0.360 e. The lowest BCUT2D eigenvalue weighted by molar-refractivity contribution is 0.739. The molecule has 2 aromatic heterocycles. The lowest BCUT2D eigenvalue weighted by atomic mass is 10.1. The first-order valence-corrected chi connectivity index (χ1v) is 13.3. The summed E-state index contributed by atoms with van der Waals surface area (Å²) >= 11 is 10.8. The molecule has 0 aliphatic heterocycles. The summed E-state index contributed by atoms with van der Waals surface area (Å²) in [5.74, 6) is 1.53. The van der Waals surface area contributed by atoms with E-state index >= 15 is 0 Å². The van der Waals surface area contributed by atoms with Gasteiger partial charge in [-0.3, -0.25) is 0 Å². The zero-order valence-electron chi connectivity index (χ0n) is 21.6. The zero-order valence-corrected chi connectivity index (χ0v) is 23.3. The summed E-state index contributed by atoms with van der Waals surface area (Å²) in [6.07, 6.45) is 0. The third-order valence-electron chi connectivity index (χ3n) is 5.76. The second-order valence-electron chi connectivity index (χ2n) is 9.69. The molecule has 10 heteroatoms. The molecule has 0 spiro atoms. The molecule has 6 N–H and O–H groups in total. The smallest absolute Gasteiger partial charge is 0.170 e. The van der Waals surface area contributed by atoms with Gasteiger partial charge in [0.2, 0.25) is 0 Å². The molecule has 0 saturated heterocycles. The van der Waals surface area contributed by atoms with Crippen molar-refractivity contribution in [2.45, 2.75) is 39.8 Å². The number of benzene rings is 3. The van der Waals surface area contributed by atoms with Crippen LogP contribution in [0.5, 0.6) is 0 Å². The predicted molar refractivity (Wildman–Crippen MR) is 166 cm³/mol. The molecule has 0 atom stereocenters. The first kappa shape index (κ1) is 25.6. The van der Waals surface area contributed by atoms with Gasteiger partial charge in [0.25, 0.3) is 0 Å². The molecule has 2 heterocycles. The van der Waals surface area contributed by atoms with Crippen LogP contribution in [0.3, 0.4) is 0 Å². The number of aromatic nitrogens is 4. The molecule has 0 bridgehead atoms. The van der Waals surface area contributed by atoms with Gasteiger partial charge < -0.3 is 31.2 Å². The van der Waals surface area contributed by atoms with Gasteiger partial charge >= 0.3 is 0 Å². The largest absolute Gasteiger partial charge is 0.360 e. The first-order chi connectivity index (χ1) is 18.2. The summed E-state index contributed by atoms with van der Waals surface area (Å²) in [4.78, 5) is 16.7. The molecular weight excluding hydrogens is 512 g/mol. The Morgan fingerprint density at radius 1 is 0.658 bits per heavy atom. The fourth-order valence-electron chi connectivity index (χ4n) is 4.18. The van der Waals surface area contributed by atoms with Gasteiger partial charge in [-0.15, -0.1) is 0 Å². The van der Waals surface area contributed by atoms with Crippen LogP contribution in [0.4, 0.5) is 11.4 Å². The minimum absolute atomic E-state index is 0.259. The number of aromatic amines is 2. The van der Waals surface area contributed by atoms with Crippen molar-refractivity contribution in [3.05, 3.63) is 60.7 Å². The van der Waals surface area contributed by atoms with Crippen molar-refractivity contribution in [1.82, 2.24) is 30.6 Å². The van der Waals surface area contributed by atoms with E-state index in [4.69, 9.17) is 34.4 Å². The van der Waals surface area contributed by atoms with Gasteiger partial charge in [-0.05, 0) is 88.5 Å². The Bertz CT molecular complexity index is 1510. The standard InChI is InChI=1S/C28H30N8S2/c1-15(2)29-27(37)31-17-9-11-21-23(13-17)35-25(33-21)19-7-5-6-8-20(19)26-34-22-12-10-18(14-24(22)36-26)32-28(38)30-16(3)4/h5-16H,1-4H3,(H,33,35)(H,34,36)(H2,29,31,37)(H2,30,32,38). The van der Waals surface area contributed by atoms with E-state index in [1.165, 1.54) is 0 Å². The zero-order chi connectivity index (χ0) is 26.8. The third-order valence-corrected chi connectivity index (χ3v) is 6.20. The molecule has 3 aromatic carbocycles. The van der Waals surface area contributed by atoms with Crippen molar-refractivity contribution in [2.24, 2.45) is 0 Å². The van der Waals surface area contributed by atoms with E-state index < -0.39 is 0 Å². The van der Waals surface area contributed by atoms with Crippen LogP contribution in [-0.2, 0) is 0 Å². The fraction of sp³-hybridized carbons (Fsp3) is 0.214. The molecule has 0 aliphatic rings. The molecule has 38 heavy (non-hydrogen) atoms. The van der Waals surface area contributed by atoms with Crippen LogP contribution in [0.2, 0.25) is 0 Å². The summed E-state index contributed by atoms with van der Waals surface area (Å²) in [7, 11) is 0. The van der Waals surface area contributed by atoms with Gasteiger partial charge in [-0.2, -0.15) is 0 Å². The number of fused-ring (bicyclic) bond motifs is 2. The second kappa shape index (κ2) is 10.8. The monoisotopic (exact) mass is 542 g/mol. The van der Waals surface area contributed by atoms with Crippen LogP contribution < -0.4 is 21.3 Å². The van der Waals surface area contributed by atoms with Crippen molar-refractivity contribution in [2.75, 3.05) is 10.6 Å². The summed E-state index contributed by atoms with van der Waals surface area (Å²) < 4.78 is 0. The van der Waals surface area contributed by atoms with Crippen LogP contribution in [0.25, 0.3) is 44.8 Å². The SMILES string of the molecule is CC(C)NC(=S)Nc1ccc2nc(-c3ccccc3-c3nc4ccc(NC(=S)NC(C)C)cc4[nH]3)[nH]c2c1. The van der Waals surface area contributed by atoms with E-state index in [1.54, 1.807) is 0 Å². The van der Waals surface area contributed by atoms with Gasteiger partial charge in [0.1, 0.15) is 11.6 Å². The van der Waals surface area contributed by atoms with Gasteiger partial charge in [0.15, 0.2) is 10.2 Å². The normalized spacial score (nSPS) is 11.3. The number of nitrogens with zero attached hydrogens (tertiary/aromatic N) is 2. The maximum atomic E-state index is 5.39. The van der Waals surface area contributed by atoms with Crippen molar-refractivity contribution in [3.63, 3.8) is 0 Å².